The molecule has 0 radical (unpaired) electrons. The number of carboxylic acids is 1. The van der Waals surface area contributed by atoms with Crippen LogP contribution in [0.4, 0.5) is 5.69 Å². The van der Waals surface area contributed by atoms with Crippen molar-refractivity contribution in [1.29, 1.82) is 0 Å². The first-order valence-corrected chi connectivity index (χ1v) is 7.32. The fraction of sp³-hybridized carbons (Fsp3) is 0.182. The lowest BCUT2D eigenvalue weighted by molar-refractivity contribution is 0.0697. The maximum atomic E-state index is 11.2. The number of carbonyl (C=O) groups is 1. The number of aromatic carboxylic acids is 1. The van der Waals surface area contributed by atoms with Crippen LogP contribution in [0.3, 0.4) is 0 Å². The third-order valence-electron chi connectivity index (χ3n) is 2.62. The highest BCUT2D eigenvalue weighted by atomic mass is 32.2. The van der Waals surface area contributed by atoms with Gasteiger partial charge in [0.15, 0.2) is 5.82 Å². The van der Waals surface area contributed by atoms with Gasteiger partial charge in [-0.1, -0.05) is 5.16 Å². The van der Waals surface area contributed by atoms with Crippen molar-refractivity contribution < 1.29 is 22.8 Å². The molecule has 0 atom stereocenters. The Bertz CT molecular complexity index is 742. The number of anilines is 1. The number of carboxylic acid groups (broad SMARTS) is 1. The van der Waals surface area contributed by atoms with E-state index in [1.165, 1.54) is 18.5 Å². The first kappa shape index (κ1) is 14.9. The van der Waals surface area contributed by atoms with Gasteiger partial charge in [0, 0.05) is 18.7 Å². The van der Waals surface area contributed by atoms with Gasteiger partial charge in [-0.15, -0.1) is 0 Å². The Labute approximate surface area is 119 Å². The molecule has 0 saturated heterocycles. The summed E-state index contributed by atoms with van der Waals surface area (Å²) in [6, 6.07) is 3.59. The van der Waals surface area contributed by atoms with Crippen molar-refractivity contribution >= 4 is 21.7 Å². The number of primary sulfonamides is 1. The molecular weight excluding hydrogens is 300 g/mol. The summed E-state index contributed by atoms with van der Waals surface area (Å²) in [6.45, 7) is 0.356. The van der Waals surface area contributed by atoms with Gasteiger partial charge >= 0.3 is 5.97 Å². The summed E-state index contributed by atoms with van der Waals surface area (Å²) in [4.78, 5) is 14.7. The Balaban J connectivity index is 2.17. The molecule has 2 aromatic rings. The predicted molar refractivity (Wildman–Crippen MR) is 71.3 cm³/mol. The van der Waals surface area contributed by atoms with Crippen LogP contribution >= 0.6 is 0 Å². The Morgan fingerprint density at radius 3 is 2.76 bits per heavy atom. The minimum absolute atomic E-state index is 0.186. The van der Waals surface area contributed by atoms with E-state index < -0.39 is 16.0 Å². The van der Waals surface area contributed by atoms with E-state index in [0.29, 0.717) is 18.8 Å². The lowest BCUT2D eigenvalue weighted by Crippen LogP contribution is -2.15. The summed E-state index contributed by atoms with van der Waals surface area (Å²) in [7, 11) is -3.96. The number of benzene rings is 1. The average molecular weight is 312 g/mol. The summed E-state index contributed by atoms with van der Waals surface area (Å²) in [5.74, 6) is -0.789. The quantitative estimate of drug-likeness (QED) is 0.678. The SMILES string of the molecule is NS(=O)(=O)c1ccc(NCCc2ncon2)c(C(=O)O)c1. The molecule has 9 nitrogen and oxygen atoms in total. The van der Waals surface area contributed by atoms with Gasteiger partial charge in [-0.25, -0.2) is 18.4 Å². The summed E-state index contributed by atoms with van der Waals surface area (Å²) in [6.07, 6.45) is 1.62. The third-order valence-corrected chi connectivity index (χ3v) is 3.53. The fourth-order valence-corrected chi connectivity index (χ4v) is 2.18. The van der Waals surface area contributed by atoms with Crippen LogP contribution in [0.1, 0.15) is 16.2 Å². The van der Waals surface area contributed by atoms with Gasteiger partial charge in [-0.2, -0.15) is 4.98 Å². The number of rotatable bonds is 6. The van der Waals surface area contributed by atoms with Crippen LogP contribution in [0.5, 0.6) is 0 Å². The molecule has 1 heterocycles. The first-order valence-electron chi connectivity index (χ1n) is 5.77. The monoisotopic (exact) mass is 312 g/mol. The van der Waals surface area contributed by atoms with Crippen LogP contribution in [-0.2, 0) is 16.4 Å². The van der Waals surface area contributed by atoms with E-state index in [0.717, 1.165) is 6.07 Å². The van der Waals surface area contributed by atoms with Crippen molar-refractivity contribution in [2.24, 2.45) is 5.14 Å². The van der Waals surface area contributed by atoms with Crippen molar-refractivity contribution in [3.63, 3.8) is 0 Å². The third kappa shape index (κ3) is 3.77. The molecule has 0 unspecified atom stereocenters. The number of nitrogens with one attached hydrogen (secondary N) is 1. The Hall–Kier alpha value is -2.46. The molecule has 0 aliphatic carbocycles. The molecule has 0 aliphatic rings. The van der Waals surface area contributed by atoms with Gasteiger partial charge in [0.1, 0.15) is 0 Å². The molecule has 0 saturated carbocycles. The molecule has 112 valence electrons. The fourth-order valence-electron chi connectivity index (χ4n) is 1.64. The van der Waals surface area contributed by atoms with E-state index in [4.69, 9.17) is 10.2 Å². The molecule has 0 fully saturated rings. The van der Waals surface area contributed by atoms with Crippen molar-refractivity contribution in [3.05, 3.63) is 36.0 Å². The van der Waals surface area contributed by atoms with E-state index in [-0.39, 0.29) is 16.1 Å². The second kappa shape index (κ2) is 5.89. The van der Waals surface area contributed by atoms with Gasteiger partial charge in [0.05, 0.1) is 10.5 Å². The summed E-state index contributed by atoms with van der Waals surface area (Å²) >= 11 is 0. The molecule has 1 aromatic heterocycles. The van der Waals surface area contributed by atoms with Crippen molar-refractivity contribution in [3.8, 4) is 0 Å². The molecule has 1 aromatic carbocycles. The van der Waals surface area contributed by atoms with Crippen molar-refractivity contribution in [1.82, 2.24) is 10.1 Å². The topological polar surface area (TPSA) is 148 Å². The van der Waals surface area contributed by atoms with Gasteiger partial charge in [0.2, 0.25) is 16.4 Å². The highest BCUT2D eigenvalue weighted by molar-refractivity contribution is 7.89. The molecule has 0 spiro atoms. The zero-order chi connectivity index (χ0) is 15.5. The van der Waals surface area contributed by atoms with Crippen LogP contribution in [0.25, 0.3) is 0 Å². The minimum atomic E-state index is -3.96. The molecule has 0 amide bonds. The van der Waals surface area contributed by atoms with Crippen LogP contribution < -0.4 is 10.5 Å². The standard InChI is InChI=1S/C11H12N4O5S/c12-21(18,19)7-1-2-9(8(5-7)11(16)17)13-4-3-10-14-6-20-15-10/h1-2,5-6,13H,3-4H2,(H,16,17)(H2,12,18,19). The maximum Gasteiger partial charge on any atom is 0.337 e. The van der Waals surface area contributed by atoms with Crippen LogP contribution in [0, 0.1) is 0 Å². The molecule has 10 heteroatoms. The first-order chi connectivity index (χ1) is 9.88. The Kier molecular flexibility index (Phi) is 4.19. The molecule has 2 rings (SSSR count). The predicted octanol–water partition coefficient (Wildman–Crippen LogP) is 0.0698. The second-order valence-corrected chi connectivity index (χ2v) is 5.64. The van der Waals surface area contributed by atoms with E-state index >= 15 is 0 Å². The van der Waals surface area contributed by atoms with Gasteiger partial charge in [-0.3, -0.25) is 0 Å². The molecule has 21 heavy (non-hydrogen) atoms. The van der Waals surface area contributed by atoms with E-state index in [1.54, 1.807) is 0 Å². The lowest BCUT2D eigenvalue weighted by Gasteiger charge is -2.10. The smallest absolute Gasteiger partial charge is 0.337 e. The highest BCUT2D eigenvalue weighted by Gasteiger charge is 2.15. The molecule has 0 bridgehead atoms. The summed E-state index contributed by atoms with van der Waals surface area (Å²) < 4.78 is 27.0. The number of hydrogen-bond acceptors (Lipinski definition) is 7. The number of aromatic nitrogens is 2. The average Bonchev–Trinajstić information content (AvgIpc) is 2.90. The second-order valence-electron chi connectivity index (χ2n) is 4.08. The molecular formula is C11H12N4O5S. The Morgan fingerprint density at radius 2 is 2.19 bits per heavy atom. The summed E-state index contributed by atoms with van der Waals surface area (Å²) in [5, 5.41) is 20.6. The van der Waals surface area contributed by atoms with Gasteiger partial charge < -0.3 is 14.9 Å². The number of nitrogens with zero attached hydrogens (tertiary/aromatic N) is 2. The van der Waals surface area contributed by atoms with Crippen LogP contribution in [0.15, 0.2) is 34.0 Å². The largest absolute Gasteiger partial charge is 0.478 e. The molecule has 4 N–H and O–H groups in total. The Morgan fingerprint density at radius 1 is 1.43 bits per heavy atom. The number of hydrogen-bond donors (Lipinski definition) is 3. The van der Waals surface area contributed by atoms with E-state index in [2.05, 4.69) is 20.0 Å². The lowest BCUT2D eigenvalue weighted by atomic mass is 10.1. The highest BCUT2D eigenvalue weighted by Crippen LogP contribution is 2.20. The van der Waals surface area contributed by atoms with Gasteiger partial charge in [-0.05, 0) is 18.2 Å². The minimum Gasteiger partial charge on any atom is -0.478 e. The number of sulfonamides is 1. The van der Waals surface area contributed by atoms with Gasteiger partial charge in [0.25, 0.3) is 0 Å². The summed E-state index contributed by atoms with van der Waals surface area (Å²) in [5.41, 5.74) is 0.0908. The van der Waals surface area contributed by atoms with Crippen molar-refractivity contribution in [2.75, 3.05) is 11.9 Å². The number of nitrogens with two attached hydrogens (primary N) is 1. The van der Waals surface area contributed by atoms with E-state index in [1.807, 2.05) is 0 Å². The normalized spacial score (nSPS) is 11.3. The van der Waals surface area contributed by atoms with Crippen LogP contribution in [-0.4, -0.2) is 36.2 Å². The van der Waals surface area contributed by atoms with Crippen molar-refractivity contribution in [2.45, 2.75) is 11.3 Å². The zero-order valence-electron chi connectivity index (χ0n) is 10.7. The maximum absolute atomic E-state index is 11.2. The van der Waals surface area contributed by atoms with Crippen LogP contribution in [0.2, 0.25) is 0 Å². The zero-order valence-corrected chi connectivity index (χ0v) is 11.5. The van der Waals surface area contributed by atoms with E-state index in [9.17, 15) is 13.2 Å². The molecule has 0 aliphatic heterocycles.